The van der Waals surface area contributed by atoms with Crippen molar-refractivity contribution < 1.29 is 23.8 Å². The van der Waals surface area contributed by atoms with Crippen molar-refractivity contribution in [3.63, 3.8) is 0 Å². The molecule has 2 aromatic heterocycles. The van der Waals surface area contributed by atoms with E-state index in [0.717, 1.165) is 5.56 Å². The molecule has 0 bridgehead atoms. The largest absolute Gasteiger partial charge is 0.497 e. The van der Waals surface area contributed by atoms with Crippen LogP contribution in [-0.2, 0) is 14.3 Å². The molecule has 11 heteroatoms. The van der Waals surface area contributed by atoms with Crippen molar-refractivity contribution in [2.75, 3.05) is 44.6 Å². The third-order valence-electron chi connectivity index (χ3n) is 4.06. The van der Waals surface area contributed by atoms with E-state index in [2.05, 4.69) is 20.3 Å². The number of anilines is 2. The maximum absolute atomic E-state index is 12.1. The zero-order chi connectivity index (χ0) is 22.2. The average Bonchev–Trinajstić information content (AvgIpc) is 3.26. The number of carbonyl (C=O) groups excluding carboxylic acids is 2. The van der Waals surface area contributed by atoms with Gasteiger partial charge in [-0.15, -0.1) is 11.3 Å². The van der Waals surface area contributed by atoms with Crippen LogP contribution in [0.5, 0.6) is 11.5 Å². The molecule has 1 N–H and O–H groups in total. The molecule has 2 heterocycles. The van der Waals surface area contributed by atoms with Gasteiger partial charge in [-0.2, -0.15) is 0 Å². The van der Waals surface area contributed by atoms with E-state index in [1.807, 2.05) is 0 Å². The number of benzene rings is 1. The lowest BCUT2D eigenvalue weighted by Crippen LogP contribution is -2.30. The molecule has 0 fully saturated rings. The highest BCUT2D eigenvalue weighted by Crippen LogP contribution is 2.34. The molecule has 0 saturated carbocycles. The van der Waals surface area contributed by atoms with Gasteiger partial charge in [-0.05, 0) is 24.3 Å². The second-order valence-corrected chi connectivity index (χ2v) is 7.08. The lowest BCUT2D eigenvalue weighted by molar-refractivity contribution is -0.145. The summed E-state index contributed by atoms with van der Waals surface area (Å²) in [7, 11) is 4.79. The number of nitrogens with zero attached hydrogens (tertiary/aromatic N) is 4. The molecule has 0 radical (unpaired) electrons. The number of methoxy groups -OCH3 is 2. The standard InChI is InChI=1S/C20H21N5O5S/c1-25(19-21-7-4-8-22-19)10-18(27)30-11-17(26)24-20-23-15(12-31-20)14-9-13(28-2)5-6-16(14)29-3/h4-9,12H,10-11H2,1-3H3,(H,23,24,26). The van der Waals surface area contributed by atoms with Crippen LogP contribution < -0.4 is 19.7 Å². The van der Waals surface area contributed by atoms with Crippen molar-refractivity contribution in [1.29, 1.82) is 0 Å². The Morgan fingerprint density at radius 2 is 1.94 bits per heavy atom. The molecule has 0 aliphatic rings. The number of nitrogens with one attached hydrogen (secondary N) is 1. The highest BCUT2D eigenvalue weighted by atomic mass is 32.1. The summed E-state index contributed by atoms with van der Waals surface area (Å²) in [6.45, 7) is -0.520. The molecule has 0 aliphatic carbocycles. The zero-order valence-electron chi connectivity index (χ0n) is 17.2. The van der Waals surface area contributed by atoms with Crippen LogP contribution in [0.15, 0.2) is 42.0 Å². The van der Waals surface area contributed by atoms with E-state index in [4.69, 9.17) is 14.2 Å². The van der Waals surface area contributed by atoms with E-state index in [9.17, 15) is 9.59 Å². The number of aromatic nitrogens is 3. The predicted octanol–water partition coefficient (Wildman–Crippen LogP) is 2.24. The number of hydrogen-bond donors (Lipinski definition) is 1. The number of rotatable bonds is 9. The van der Waals surface area contributed by atoms with E-state index in [0.29, 0.717) is 28.3 Å². The Bertz CT molecular complexity index is 1040. The molecule has 1 aromatic carbocycles. The summed E-state index contributed by atoms with van der Waals surface area (Å²) in [5, 5.41) is 4.78. The molecule has 1 amide bonds. The Kier molecular flexibility index (Phi) is 7.33. The van der Waals surface area contributed by atoms with Gasteiger partial charge in [0, 0.05) is 30.4 Å². The minimum Gasteiger partial charge on any atom is -0.497 e. The van der Waals surface area contributed by atoms with Gasteiger partial charge in [-0.25, -0.2) is 15.0 Å². The summed E-state index contributed by atoms with van der Waals surface area (Å²) >= 11 is 1.24. The minimum absolute atomic E-state index is 0.0890. The van der Waals surface area contributed by atoms with E-state index in [1.165, 1.54) is 16.2 Å². The maximum Gasteiger partial charge on any atom is 0.326 e. The van der Waals surface area contributed by atoms with E-state index in [1.54, 1.807) is 63.3 Å². The van der Waals surface area contributed by atoms with Crippen molar-refractivity contribution in [3.8, 4) is 22.8 Å². The molecule has 162 valence electrons. The van der Waals surface area contributed by atoms with Crippen molar-refractivity contribution in [2.45, 2.75) is 0 Å². The second-order valence-electron chi connectivity index (χ2n) is 6.22. The molecule has 0 aliphatic heterocycles. The number of amides is 1. The third-order valence-corrected chi connectivity index (χ3v) is 4.81. The molecule has 3 rings (SSSR count). The van der Waals surface area contributed by atoms with Crippen molar-refractivity contribution in [2.24, 2.45) is 0 Å². The summed E-state index contributed by atoms with van der Waals surface area (Å²) in [5.41, 5.74) is 1.36. The van der Waals surface area contributed by atoms with Crippen LogP contribution in [0, 0.1) is 0 Å². The van der Waals surface area contributed by atoms with Gasteiger partial charge in [0.1, 0.15) is 18.0 Å². The van der Waals surface area contributed by atoms with Gasteiger partial charge in [-0.1, -0.05) is 0 Å². The molecule has 0 unspecified atom stereocenters. The lowest BCUT2D eigenvalue weighted by atomic mass is 10.1. The van der Waals surface area contributed by atoms with Crippen molar-refractivity contribution in [3.05, 3.63) is 42.0 Å². The van der Waals surface area contributed by atoms with Gasteiger partial charge in [0.25, 0.3) is 5.91 Å². The SMILES string of the molecule is COc1ccc(OC)c(-c2csc(NC(=O)COC(=O)CN(C)c3ncccn3)n2)c1. The van der Waals surface area contributed by atoms with Crippen LogP contribution in [-0.4, -0.2) is 61.2 Å². The quantitative estimate of drug-likeness (QED) is 0.497. The maximum atomic E-state index is 12.1. The lowest BCUT2D eigenvalue weighted by Gasteiger charge is -2.15. The first-order valence-electron chi connectivity index (χ1n) is 9.11. The summed E-state index contributed by atoms with van der Waals surface area (Å²) < 4.78 is 15.6. The van der Waals surface area contributed by atoms with Gasteiger partial charge in [0.2, 0.25) is 5.95 Å². The van der Waals surface area contributed by atoms with Crippen LogP contribution >= 0.6 is 11.3 Å². The summed E-state index contributed by atoms with van der Waals surface area (Å²) in [6.07, 6.45) is 3.14. The molecule has 3 aromatic rings. The number of hydrogen-bond acceptors (Lipinski definition) is 10. The summed E-state index contributed by atoms with van der Waals surface area (Å²) in [6, 6.07) is 7.04. The smallest absolute Gasteiger partial charge is 0.326 e. The summed E-state index contributed by atoms with van der Waals surface area (Å²) in [5.74, 6) is 0.597. The fourth-order valence-corrected chi connectivity index (χ4v) is 3.30. The Morgan fingerprint density at radius 3 is 2.65 bits per heavy atom. The van der Waals surface area contributed by atoms with E-state index < -0.39 is 18.5 Å². The van der Waals surface area contributed by atoms with Crippen molar-refractivity contribution in [1.82, 2.24) is 15.0 Å². The average molecular weight is 443 g/mol. The molecule has 10 nitrogen and oxygen atoms in total. The molecular weight excluding hydrogens is 422 g/mol. The molecule has 0 saturated heterocycles. The normalized spacial score (nSPS) is 10.3. The Hall–Kier alpha value is -3.73. The molecule has 31 heavy (non-hydrogen) atoms. The minimum atomic E-state index is -0.578. The van der Waals surface area contributed by atoms with Gasteiger partial charge >= 0.3 is 5.97 Å². The Balaban J connectivity index is 1.54. The number of thiazole rings is 1. The first-order chi connectivity index (χ1) is 15.0. The third kappa shape index (κ3) is 5.89. The van der Waals surface area contributed by atoms with E-state index >= 15 is 0 Å². The summed E-state index contributed by atoms with van der Waals surface area (Å²) in [4.78, 5) is 38.1. The highest BCUT2D eigenvalue weighted by molar-refractivity contribution is 7.14. The van der Waals surface area contributed by atoms with Crippen LogP contribution in [0.3, 0.4) is 0 Å². The number of carbonyl (C=O) groups is 2. The van der Waals surface area contributed by atoms with Gasteiger partial charge in [0.15, 0.2) is 11.7 Å². The molecule has 0 spiro atoms. The van der Waals surface area contributed by atoms with E-state index in [-0.39, 0.29) is 6.54 Å². The second kappa shape index (κ2) is 10.3. The van der Waals surface area contributed by atoms with Crippen LogP contribution in [0.25, 0.3) is 11.3 Å². The number of likely N-dealkylation sites (N-methyl/N-ethyl adjacent to an activating group) is 1. The molecule has 0 atom stereocenters. The molecular formula is C20H21N5O5S. The fraction of sp³-hybridized carbons (Fsp3) is 0.250. The van der Waals surface area contributed by atoms with Gasteiger partial charge in [-0.3, -0.25) is 14.9 Å². The topological polar surface area (TPSA) is 116 Å². The van der Waals surface area contributed by atoms with Gasteiger partial charge in [0.05, 0.1) is 19.9 Å². The highest BCUT2D eigenvalue weighted by Gasteiger charge is 2.15. The van der Waals surface area contributed by atoms with Gasteiger partial charge < -0.3 is 19.1 Å². The first-order valence-corrected chi connectivity index (χ1v) is 9.99. The zero-order valence-corrected chi connectivity index (χ0v) is 18.0. The number of ether oxygens (including phenoxy) is 3. The monoisotopic (exact) mass is 443 g/mol. The Morgan fingerprint density at radius 1 is 1.16 bits per heavy atom. The van der Waals surface area contributed by atoms with Crippen LogP contribution in [0.4, 0.5) is 11.1 Å². The number of esters is 1. The first kappa shape index (κ1) is 22.0. The van der Waals surface area contributed by atoms with Crippen molar-refractivity contribution >= 4 is 34.3 Å². The Labute approximate surface area is 182 Å². The van der Waals surface area contributed by atoms with Crippen LogP contribution in [0.2, 0.25) is 0 Å². The van der Waals surface area contributed by atoms with Crippen LogP contribution in [0.1, 0.15) is 0 Å². The fourth-order valence-electron chi connectivity index (χ4n) is 2.57. The predicted molar refractivity (Wildman–Crippen MR) is 116 cm³/mol.